The molecule has 0 atom stereocenters. The minimum Gasteiger partial charge on any atom is -0.346 e. The molecule has 3 amide bonds. The third-order valence-electron chi connectivity index (χ3n) is 3.83. The largest absolute Gasteiger partial charge is 0.346 e. The number of amides is 3. The summed E-state index contributed by atoms with van der Waals surface area (Å²) in [7, 11) is 0. The van der Waals surface area contributed by atoms with Gasteiger partial charge in [0.2, 0.25) is 0 Å². The van der Waals surface area contributed by atoms with Gasteiger partial charge in [-0.3, -0.25) is 30.2 Å². The van der Waals surface area contributed by atoms with E-state index in [2.05, 4.69) is 26.3 Å². The van der Waals surface area contributed by atoms with Crippen LogP contribution in [0.2, 0.25) is 0 Å². The summed E-state index contributed by atoms with van der Waals surface area (Å²) in [5.41, 5.74) is 6.37. The molecule has 29 heavy (non-hydrogen) atoms. The van der Waals surface area contributed by atoms with Crippen LogP contribution in [-0.4, -0.2) is 38.5 Å². The fourth-order valence-corrected chi connectivity index (χ4v) is 2.53. The number of pyridine rings is 1. The number of benzene rings is 1. The summed E-state index contributed by atoms with van der Waals surface area (Å²) in [6.45, 7) is 3.45. The Morgan fingerprint density at radius 2 is 1.72 bits per heavy atom. The molecule has 3 aromatic rings. The molecule has 0 aliphatic rings. The van der Waals surface area contributed by atoms with Gasteiger partial charge < -0.3 is 5.32 Å². The molecule has 9 heteroatoms. The lowest BCUT2D eigenvalue weighted by atomic mass is 10.1. The quantitative estimate of drug-likeness (QED) is 0.456. The van der Waals surface area contributed by atoms with Crippen molar-refractivity contribution in [3.8, 4) is 16.9 Å². The maximum Gasteiger partial charge on any atom is 0.327 e. The van der Waals surface area contributed by atoms with Crippen LogP contribution in [0.25, 0.3) is 16.9 Å². The highest BCUT2D eigenvalue weighted by Gasteiger charge is 2.21. The number of carbonyl (C=O) groups excluding carboxylic acids is 3. The number of rotatable bonds is 4. The Balaban J connectivity index is 1.85. The van der Waals surface area contributed by atoms with Gasteiger partial charge in [-0.2, -0.15) is 5.10 Å². The normalized spacial score (nSPS) is 10.4. The lowest BCUT2D eigenvalue weighted by Crippen LogP contribution is -2.49. The van der Waals surface area contributed by atoms with Crippen LogP contribution in [0.15, 0.2) is 61.1 Å². The van der Waals surface area contributed by atoms with Crippen molar-refractivity contribution >= 4 is 17.7 Å². The van der Waals surface area contributed by atoms with Gasteiger partial charge in [0.15, 0.2) is 0 Å². The molecule has 2 aromatic heterocycles. The van der Waals surface area contributed by atoms with Crippen molar-refractivity contribution < 1.29 is 14.4 Å². The van der Waals surface area contributed by atoms with Crippen LogP contribution in [0.1, 0.15) is 24.2 Å². The Kier molecular flexibility index (Phi) is 5.98. The second-order valence-electron chi connectivity index (χ2n) is 6.45. The minimum absolute atomic E-state index is 0.203. The number of nitrogens with zero attached hydrogens (tertiary/aromatic N) is 3. The number of nitrogens with one attached hydrogen (secondary N) is 3. The van der Waals surface area contributed by atoms with Gasteiger partial charge in [0.1, 0.15) is 5.69 Å². The number of para-hydroxylation sites is 1. The fourth-order valence-electron chi connectivity index (χ4n) is 2.53. The first kappa shape index (κ1) is 19.7. The smallest absolute Gasteiger partial charge is 0.327 e. The summed E-state index contributed by atoms with van der Waals surface area (Å²) in [4.78, 5) is 40.3. The summed E-state index contributed by atoms with van der Waals surface area (Å²) in [5, 5.41) is 6.94. The van der Waals surface area contributed by atoms with Crippen LogP contribution < -0.4 is 16.2 Å². The SMILES string of the molecule is CC(C)NC(=O)C(=O)NNC(=O)c1cn(-c2ccccc2)nc1-c1cccnc1. The molecule has 0 radical (unpaired) electrons. The van der Waals surface area contributed by atoms with Gasteiger partial charge in [-0.05, 0) is 38.1 Å². The molecule has 0 fully saturated rings. The maximum absolute atomic E-state index is 12.7. The summed E-state index contributed by atoms with van der Waals surface area (Å²) in [5.74, 6) is -2.42. The number of carbonyl (C=O) groups is 3. The first-order chi connectivity index (χ1) is 14.0. The molecular weight excluding hydrogens is 372 g/mol. The molecule has 1 aromatic carbocycles. The van der Waals surface area contributed by atoms with Gasteiger partial charge in [0.25, 0.3) is 5.91 Å². The number of aromatic nitrogens is 3. The van der Waals surface area contributed by atoms with E-state index in [0.717, 1.165) is 5.69 Å². The lowest BCUT2D eigenvalue weighted by Gasteiger charge is -2.09. The number of hydrazine groups is 1. The van der Waals surface area contributed by atoms with Gasteiger partial charge in [0, 0.05) is 30.2 Å². The Labute approximate surface area is 167 Å². The van der Waals surface area contributed by atoms with E-state index in [9.17, 15) is 14.4 Å². The summed E-state index contributed by atoms with van der Waals surface area (Å²) in [6, 6.07) is 12.6. The monoisotopic (exact) mass is 392 g/mol. The molecule has 0 saturated heterocycles. The van der Waals surface area contributed by atoms with E-state index in [1.54, 1.807) is 49.3 Å². The minimum atomic E-state index is -0.967. The second kappa shape index (κ2) is 8.79. The molecule has 0 bridgehead atoms. The van der Waals surface area contributed by atoms with E-state index in [0.29, 0.717) is 11.3 Å². The molecule has 0 spiro atoms. The molecule has 0 aliphatic carbocycles. The third-order valence-corrected chi connectivity index (χ3v) is 3.83. The zero-order valence-corrected chi connectivity index (χ0v) is 15.9. The van der Waals surface area contributed by atoms with Gasteiger partial charge in [-0.15, -0.1) is 0 Å². The lowest BCUT2D eigenvalue weighted by molar-refractivity contribution is -0.139. The molecule has 0 saturated carbocycles. The summed E-state index contributed by atoms with van der Waals surface area (Å²) >= 11 is 0. The Morgan fingerprint density at radius 3 is 2.38 bits per heavy atom. The topological polar surface area (TPSA) is 118 Å². The fraction of sp³-hybridized carbons (Fsp3) is 0.150. The standard InChI is InChI=1S/C20H20N6O3/c1-13(2)22-19(28)20(29)24-23-18(27)16-12-26(15-8-4-3-5-9-15)25-17(16)14-7-6-10-21-11-14/h3-13H,1-2H3,(H,22,28)(H,23,27)(H,24,29). The van der Waals surface area contributed by atoms with Crippen molar-refractivity contribution in [2.24, 2.45) is 0 Å². The van der Waals surface area contributed by atoms with E-state index in [1.807, 2.05) is 30.3 Å². The Bertz CT molecular complexity index is 1020. The van der Waals surface area contributed by atoms with Crippen LogP contribution in [-0.2, 0) is 9.59 Å². The van der Waals surface area contributed by atoms with Crippen molar-refractivity contribution in [1.82, 2.24) is 30.9 Å². The number of hydrogen-bond donors (Lipinski definition) is 3. The molecule has 0 aliphatic heterocycles. The summed E-state index contributed by atoms with van der Waals surface area (Å²) in [6.07, 6.45) is 4.75. The van der Waals surface area contributed by atoms with Crippen molar-refractivity contribution in [2.45, 2.75) is 19.9 Å². The molecule has 3 rings (SSSR count). The van der Waals surface area contributed by atoms with Crippen molar-refractivity contribution in [2.75, 3.05) is 0 Å². The van der Waals surface area contributed by atoms with Crippen molar-refractivity contribution in [3.05, 3.63) is 66.6 Å². The van der Waals surface area contributed by atoms with Gasteiger partial charge in [0.05, 0.1) is 11.3 Å². The molecule has 148 valence electrons. The third kappa shape index (κ3) is 4.83. The molecule has 9 nitrogen and oxygen atoms in total. The van der Waals surface area contributed by atoms with E-state index in [1.165, 1.54) is 0 Å². The first-order valence-electron chi connectivity index (χ1n) is 8.92. The summed E-state index contributed by atoms with van der Waals surface area (Å²) < 4.78 is 1.56. The van der Waals surface area contributed by atoms with Crippen LogP contribution >= 0.6 is 0 Å². The van der Waals surface area contributed by atoms with Crippen molar-refractivity contribution in [1.29, 1.82) is 0 Å². The predicted octanol–water partition coefficient (Wildman–Crippen LogP) is 1.22. The van der Waals surface area contributed by atoms with E-state index >= 15 is 0 Å². The van der Waals surface area contributed by atoms with Crippen LogP contribution in [0.3, 0.4) is 0 Å². The van der Waals surface area contributed by atoms with E-state index < -0.39 is 17.7 Å². The molecule has 2 heterocycles. The zero-order valence-electron chi connectivity index (χ0n) is 15.9. The number of hydrogen-bond acceptors (Lipinski definition) is 5. The average Bonchev–Trinajstić information content (AvgIpc) is 3.18. The highest BCUT2D eigenvalue weighted by Crippen LogP contribution is 2.22. The first-order valence-corrected chi connectivity index (χ1v) is 8.92. The van der Waals surface area contributed by atoms with E-state index in [4.69, 9.17) is 0 Å². The van der Waals surface area contributed by atoms with E-state index in [-0.39, 0.29) is 11.6 Å². The molecular formula is C20H20N6O3. The average molecular weight is 392 g/mol. The molecule has 0 unspecified atom stereocenters. The second-order valence-corrected chi connectivity index (χ2v) is 6.45. The van der Waals surface area contributed by atoms with Crippen LogP contribution in [0, 0.1) is 0 Å². The maximum atomic E-state index is 12.7. The highest BCUT2D eigenvalue weighted by atomic mass is 16.2. The van der Waals surface area contributed by atoms with Gasteiger partial charge in [-0.1, -0.05) is 18.2 Å². The van der Waals surface area contributed by atoms with Crippen LogP contribution in [0.5, 0.6) is 0 Å². The highest BCUT2D eigenvalue weighted by molar-refractivity contribution is 6.35. The Morgan fingerprint density at radius 1 is 0.966 bits per heavy atom. The predicted molar refractivity (Wildman–Crippen MR) is 106 cm³/mol. The van der Waals surface area contributed by atoms with Crippen molar-refractivity contribution in [3.63, 3.8) is 0 Å². The zero-order chi connectivity index (χ0) is 20.8. The van der Waals surface area contributed by atoms with Gasteiger partial charge >= 0.3 is 11.8 Å². The molecule has 3 N–H and O–H groups in total. The van der Waals surface area contributed by atoms with Gasteiger partial charge in [-0.25, -0.2) is 4.68 Å². The Hall–Kier alpha value is -4.01. The van der Waals surface area contributed by atoms with Crippen LogP contribution in [0.4, 0.5) is 0 Å².